The van der Waals surface area contributed by atoms with Crippen LogP contribution in [0.25, 0.3) is 0 Å². The zero-order chi connectivity index (χ0) is 15.5. The smallest absolute Gasteiger partial charge is 0.161 e. The lowest BCUT2D eigenvalue weighted by molar-refractivity contribution is 0.417. The van der Waals surface area contributed by atoms with E-state index >= 15 is 0 Å². The topological polar surface area (TPSA) is 55.0 Å². The summed E-state index contributed by atoms with van der Waals surface area (Å²) in [5.41, 5.74) is 9.13. The van der Waals surface area contributed by atoms with Gasteiger partial charge in [-0.15, -0.1) is 5.10 Å². The van der Waals surface area contributed by atoms with Gasteiger partial charge in [0.05, 0.1) is 11.3 Å². The molecule has 20 heavy (non-hydrogen) atoms. The van der Waals surface area contributed by atoms with Crippen molar-refractivity contribution in [3.63, 3.8) is 0 Å². The number of anilines is 1. The Morgan fingerprint density at radius 3 is 2.20 bits per heavy atom. The van der Waals surface area contributed by atoms with Gasteiger partial charge in [0.25, 0.3) is 0 Å². The Morgan fingerprint density at radius 1 is 1.20 bits per heavy atom. The maximum atomic E-state index is 5.95. The van der Waals surface area contributed by atoms with Gasteiger partial charge in [0.15, 0.2) is 5.82 Å². The minimum absolute atomic E-state index is 0.166. The number of hydrogen-bond donors (Lipinski definition) is 1. The number of nitrogens with zero attached hydrogens (tertiary/aromatic N) is 3. The second kappa shape index (κ2) is 6.48. The fraction of sp³-hybridized carbons (Fsp3) is 0.667. The molecule has 0 aliphatic heterocycles. The van der Waals surface area contributed by atoms with Crippen LogP contribution in [0.4, 0.5) is 5.82 Å². The largest absolute Gasteiger partial charge is 0.389 e. The summed E-state index contributed by atoms with van der Waals surface area (Å²) in [4.78, 5) is 2.50. The molecule has 1 rings (SSSR count). The van der Waals surface area contributed by atoms with Gasteiger partial charge in [0.1, 0.15) is 4.99 Å². The summed E-state index contributed by atoms with van der Waals surface area (Å²) in [6.07, 6.45) is 1.71. The highest BCUT2D eigenvalue weighted by Crippen LogP contribution is 2.26. The Hall–Kier alpha value is -1.23. The third-order valence-corrected chi connectivity index (χ3v) is 3.35. The van der Waals surface area contributed by atoms with E-state index in [1.165, 1.54) is 0 Å². The normalized spacial score (nSPS) is 11.5. The maximum absolute atomic E-state index is 5.95. The molecule has 0 unspecified atom stereocenters. The van der Waals surface area contributed by atoms with Gasteiger partial charge in [-0.25, -0.2) is 0 Å². The van der Waals surface area contributed by atoms with Gasteiger partial charge < -0.3 is 10.6 Å². The molecule has 0 aliphatic rings. The Bertz CT molecular complexity index is 491. The number of rotatable bonds is 5. The number of aryl methyl sites for hydroxylation is 1. The summed E-state index contributed by atoms with van der Waals surface area (Å²) < 4.78 is 0. The average Bonchev–Trinajstić information content (AvgIpc) is 2.34. The third kappa shape index (κ3) is 3.88. The zero-order valence-electron chi connectivity index (χ0n) is 13.4. The average molecular weight is 294 g/mol. The standard InChI is InChI=1S/C15H26N4S/c1-7-10-11(8-2)17-18-14(12(10)13(16)20)19(6)9-15(3,4)5/h7-9H2,1-6H3,(H2,16,20). The van der Waals surface area contributed by atoms with Crippen LogP contribution in [0.5, 0.6) is 0 Å². The molecule has 0 amide bonds. The first-order chi connectivity index (χ1) is 9.21. The summed E-state index contributed by atoms with van der Waals surface area (Å²) in [5, 5.41) is 8.73. The molecule has 0 atom stereocenters. The predicted octanol–water partition coefficient (Wildman–Crippen LogP) is 2.72. The minimum atomic E-state index is 0.166. The van der Waals surface area contributed by atoms with Crippen LogP contribution in [0.3, 0.4) is 0 Å². The fourth-order valence-corrected chi connectivity index (χ4v) is 2.69. The van der Waals surface area contributed by atoms with E-state index in [0.717, 1.165) is 42.0 Å². The molecule has 0 spiro atoms. The molecule has 0 saturated heterocycles. The van der Waals surface area contributed by atoms with Crippen molar-refractivity contribution in [2.24, 2.45) is 11.1 Å². The SMILES string of the molecule is CCc1nnc(N(C)CC(C)(C)C)c(C(N)=S)c1CC. The van der Waals surface area contributed by atoms with Gasteiger partial charge in [-0.05, 0) is 23.8 Å². The second-order valence-corrected chi connectivity index (χ2v) is 6.75. The van der Waals surface area contributed by atoms with Crippen LogP contribution in [-0.2, 0) is 12.8 Å². The summed E-state index contributed by atoms with van der Waals surface area (Å²) in [5.74, 6) is 0.793. The second-order valence-electron chi connectivity index (χ2n) is 6.31. The van der Waals surface area contributed by atoms with Crippen molar-refractivity contribution in [1.29, 1.82) is 0 Å². The van der Waals surface area contributed by atoms with Crippen LogP contribution >= 0.6 is 12.2 Å². The van der Waals surface area contributed by atoms with Crippen LogP contribution in [0.15, 0.2) is 0 Å². The molecule has 5 heteroatoms. The van der Waals surface area contributed by atoms with Gasteiger partial charge in [-0.3, -0.25) is 0 Å². The highest BCUT2D eigenvalue weighted by molar-refractivity contribution is 7.80. The van der Waals surface area contributed by atoms with E-state index in [4.69, 9.17) is 18.0 Å². The van der Waals surface area contributed by atoms with Crippen LogP contribution in [0.1, 0.15) is 51.4 Å². The van der Waals surface area contributed by atoms with E-state index in [1.54, 1.807) is 0 Å². The van der Waals surface area contributed by atoms with Gasteiger partial charge in [-0.2, -0.15) is 5.10 Å². The van der Waals surface area contributed by atoms with E-state index in [2.05, 4.69) is 49.7 Å². The van der Waals surface area contributed by atoms with Crippen molar-refractivity contribution < 1.29 is 0 Å². The van der Waals surface area contributed by atoms with Crippen LogP contribution in [0, 0.1) is 5.41 Å². The number of nitrogens with two attached hydrogens (primary N) is 1. The molecule has 1 aromatic heterocycles. The molecule has 112 valence electrons. The molecule has 0 radical (unpaired) electrons. The molecule has 1 aromatic rings. The monoisotopic (exact) mass is 294 g/mol. The van der Waals surface area contributed by atoms with E-state index in [0.29, 0.717) is 4.99 Å². The lowest BCUT2D eigenvalue weighted by Gasteiger charge is -2.29. The molecule has 4 nitrogen and oxygen atoms in total. The number of hydrogen-bond acceptors (Lipinski definition) is 4. The predicted molar refractivity (Wildman–Crippen MR) is 89.4 cm³/mol. The Morgan fingerprint density at radius 2 is 1.80 bits per heavy atom. The molecule has 1 heterocycles. The first-order valence-electron chi connectivity index (χ1n) is 7.10. The van der Waals surface area contributed by atoms with Crippen molar-refractivity contribution in [3.05, 3.63) is 16.8 Å². The molecular weight excluding hydrogens is 268 g/mol. The Labute approximate surface area is 127 Å². The third-order valence-electron chi connectivity index (χ3n) is 3.15. The summed E-state index contributed by atoms with van der Waals surface area (Å²) in [7, 11) is 2.02. The fourth-order valence-electron chi connectivity index (χ4n) is 2.47. The summed E-state index contributed by atoms with van der Waals surface area (Å²) in [6.45, 7) is 11.6. The first kappa shape index (κ1) is 16.8. The van der Waals surface area contributed by atoms with Crippen molar-refractivity contribution in [2.45, 2.75) is 47.5 Å². The zero-order valence-corrected chi connectivity index (χ0v) is 14.3. The molecule has 0 aliphatic carbocycles. The van der Waals surface area contributed by atoms with Crippen molar-refractivity contribution in [2.75, 3.05) is 18.5 Å². The summed E-state index contributed by atoms with van der Waals surface area (Å²) in [6, 6.07) is 0. The molecule has 2 N–H and O–H groups in total. The molecule has 0 fully saturated rings. The van der Waals surface area contributed by atoms with Crippen molar-refractivity contribution >= 4 is 23.0 Å². The maximum Gasteiger partial charge on any atom is 0.161 e. The Kier molecular flexibility index (Phi) is 5.45. The first-order valence-corrected chi connectivity index (χ1v) is 7.51. The van der Waals surface area contributed by atoms with Gasteiger partial charge in [0.2, 0.25) is 0 Å². The number of aromatic nitrogens is 2. The quantitative estimate of drug-likeness (QED) is 0.846. The molecular formula is C15H26N4S. The molecule has 0 saturated carbocycles. The van der Waals surface area contributed by atoms with Gasteiger partial charge >= 0.3 is 0 Å². The number of thiocarbonyl (C=S) groups is 1. The summed E-state index contributed by atoms with van der Waals surface area (Å²) >= 11 is 5.25. The molecule has 0 aromatic carbocycles. The highest BCUT2D eigenvalue weighted by Gasteiger charge is 2.22. The van der Waals surface area contributed by atoms with Gasteiger partial charge in [0, 0.05) is 13.6 Å². The Balaban J connectivity index is 3.36. The van der Waals surface area contributed by atoms with E-state index < -0.39 is 0 Å². The van der Waals surface area contributed by atoms with Crippen LogP contribution < -0.4 is 10.6 Å². The van der Waals surface area contributed by atoms with E-state index in [1.807, 2.05) is 7.05 Å². The van der Waals surface area contributed by atoms with Crippen molar-refractivity contribution in [3.8, 4) is 0 Å². The lowest BCUT2D eigenvalue weighted by Crippen LogP contribution is -2.32. The lowest BCUT2D eigenvalue weighted by atomic mass is 9.95. The van der Waals surface area contributed by atoms with Gasteiger partial charge in [-0.1, -0.05) is 46.8 Å². The molecule has 0 bridgehead atoms. The minimum Gasteiger partial charge on any atom is -0.389 e. The van der Waals surface area contributed by atoms with E-state index in [-0.39, 0.29) is 5.41 Å². The van der Waals surface area contributed by atoms with Crippen molar-refractivity contribution in [1.82, 2.24) is 10.2 Å². The van der Waals surface area contributed by atoms with E-state index in [9.17, 15) is 0 Å². The van der Waals surface area contributed by atoms with Crippen LogP contribution in [0.2, 0.25) is 0 Å². The van der Waals surface area contributed by atoms with Crippen LogP contribution in [-0.4, -0.2) is 28.8 Å². The highest BCUT2D eigenvalue weighted by atomic mass is 32.1.